The number of ether oxygens (including phenoxy) is 2. The van der Waals surface area contributed by atoms with Crippen LogP contribution in [-0.2, 0) is 16.4 Å². The third-order valence-corrected chi connectivity index (χ3v) is 10.3. The molecule has 2 aliphatic rings. The Kier molecular flexibility index (Phi) is 8.89. The van der Waals surface area contributed by atoms with Gasteiger partial charge in [0.1, 0.15) is 11.5 Å². The number of hydrogen-bond donors (Lipinski definition) is 4. The molecule has 1 saturated carbocycles. The van der Waals surface area contributed by atoms with Gasteiger partial charge in [-0.25, -0.2) is 18.0 Å². The highest BCUT2D eigenvalue weighted by atomic mass is 35.5. The second kappa shape index (κ2) is 12.6. The maximum atomic E-state index is 12.0. The maximum Gasteiger partial charge on any atom is 0.260 e. The van der Waals surface area contributed by atoms with Crippen molar-refractivity contribution in [2.24, 2.45) is 0 Å². The molecule has 0 radical (unpaired) electrons. The molecule has 1 fully saturated rings. The van der Waals surface area contributed by atoms with E-state index in [1.807, 2.05) is 47.4 Å². The van der Waals surface area contributed by atoms with Crippen LogP contribution in [0.3, 0.4) is 0 Å². The van der Waals surface area contributed by atoms with Gasteiger partial charge in [-0.15, -0.1) is 0 Å². The minimum Gasteiger partial charge on any atom is -0.493 e. The second-order valence-corrected chi connectivity index (χ2v) is 13.9. The molecule has 2 heterocycles. The number of aromatic nitrogens is 1. The van der Waals surface area contributed by atoms with E-state index >= 15 is 0 Å². The number of rotatable bonds is 12. The van der Waals surface area contributed by atoms with Crippen LogP contribution in [0.15, 0.2) is 66.7 Å². The van der Waals surface area contributed by atoms with Crippen molar-refractivity contribution in [1.82, 2.24) is 14.6 Å². The van der Waals surface area contributed by atoms with Gasteiger partial charge in [0.15, 0.2) is 0 Å². The molecule has 0 amide bonds. The predicted molar refractivity (Wildman–Crippen MR) is 166 cm³/mol. The normalized spacial score (nSPS) is 18.7. The van der Waals surface area contributed by atoms with Crippen LogP contribution in [0, 0.1) is 0 Å². The summed E-state index contributed by atoms with van der Waals surface area (Å²) in [5.41, 5.74) is 3.98. The van der Waals surface area contributed by atoms with E-state index in [0.29, 0.717) is 47.4 Å². The maximum absolute atomic E-state index is 12.0. The Bertz CT molecular complexity index is 1680. The van der Waals surface area contributed by atoms with Gasteiger partial charge in [0.05, 0.1) is 24.0 Å². The van der Waals surface area contributed by atoms with Gasteiger partial charge in [-0.2, -0.15) is 0 Å². The molecular formula is C31H33Cl2N3O6S. The predicted octanol–water partition coefficient (Wildman–Crippen LogP) is 4.99. The molecule has 0 saturated heterocycles. The standard InChI is InChI=1S/C31H33Cl2N3O6S/c32-20-3-8-24(9-4-20)42-31(38)36-15-13-26-27-17-21(33)5-12-28(27)35-29(26)30(36)19-1-6-23(7-2-19)41-16-14-22(37)18-34-43(39,40)25-10-11-25/h1-9,12,17,22,25,30-31,34-35,37-38H,10-11,13-16,18H2. The number of halogens is 2. The van der Waals surface area contributed by atoms with E-state index in [0.717, 1.165) is 27.7 Å². The molecule has 3 aromatic carbocycles. The third kappa shape index (κ3) is 6.96. The summed E-state index contributed by atoms with van der Waals surface area (Å²) in [6, 6.07) is 19.8. The summed E-state index contributed by atoms with van der Waals surface area (Å²) >= 11 is 12.3. The van der Waals surface area contributed by atoms with E-state index in [4.69, 9.17) is 32.7 Å². The monoisotopic (exact) mass is 645 g/mol. The molecule has 9 nitrogen and oxygen atoms in total. The molecule has 3 atom stereocenters. The number of H-pyrrole nitrogens is 1. The van der Waals surface area contributed by atoms with Gasteiger partial charge in [-0.1, -0.05) is 35.3 Å². The van der Waals surface area contributed by atoms with Gasteiger partial charge in [0, 0.05) is 46.2 Å². The number of nitrogens with one attached hydrogen (secondary N) is 2. The topological polar surface area (TPSA) is 124 Å². The highest BCUT2D eigenvalue weighted by Gasteiger charge is 2.37. The zero-order valence-electron chi connectivity index (χ0n) is 23.2. The van der Waals surface area contributed by atoms with E-state index in [2.05, 4.69) is 9.71 Å². The summed E-state index contributed by atoms with van der Waals surface area (Å²) in [6.45, 7) is 0.728. The Balaban J connectivity index is 1.18. The summed E-state index contributed by atoms with van der Waals surface area (Å²) < 4.78 is 38.2. The van der Waals surface area contributed by atoms with Gasteiger partial charge < -0.3 is 24.7 Å². The number of sulfonamides is 1. The quantitative estimate of drug-likeness (QED) is 0.160. The lowest BCUT2D eigenvalue weighted by Gasteiger charge is -2.38. The van der Waals surface area contributed by atoms with E-state index in [-0.39, 0.29) is 30.9 Å². The molecule has 3 unspecified atom stereocenters. The van der Waals surface area contributed by atoms with Crippen LogP contribution in [-0.4, -0.2) is 66.0 Å². The van der Waals surface area contributed by atoms with Gasteiger partial charge in [-0.3, -0.25) is 0 Å². The minimum absolute atomic E-state index is 0.0306. The van der Waals surface area contributed by atoms with Gasteiger partial charge in [-0.05, 0) is 85.0 Å². The molecule has 1 aromatic heterocycles. The number of aliphatic hydroxyl groups excluding tert-OH is 2. The minimum atomic E-state index is -3.33. The van der Waals surface area contributed by atoms with Crippen LogP contribution in [0.4, 0.5) is 0 Å². The van der Waals surface area contributed by atoms with E-state index < -0.39 is 22.5 Å². The van der Waals surface area contributed by atoms with E-state index in [9.17, 15) is 18.6 Å². The molecule has 4 aromatic rings. The first-order chi connectivity index (χ1) is 20.7. The van der Waals surface area contributed by atoms with Gasteiger partial charge in [0.25, 0.3) is 6.41 Å². The fraction of sp³-hybridized carbons (Fsp3) is 0.355. The number of nitrogens with zero attached hydrogens (tertiary/aromatic N) is 1. The summed E-state index contributed by atoms with van der Waals surface area (Å²) in [7, 11) is -3.33. The van der Waals surface area contributed by atoms with Crippen molar-refractivity contribution in [2.75, 3.05) is 19.7 Å². The summed E-state index contributed by atoms with van der Waals surface area (Å²) in [4.78, 5) is 5.44. The van der Waals surface area contributed by atoms with Crippen molar-refractivity contribution in [3.63, 3.8) is 0 Å². The van der Waals surface area contributed by atoms with Crippen molar-refractivity contribution < 1.29 is 28.1 Å². The van der Waals surface area contributed by atoms with Crippen molar-refractivity contribution >= 4 is 44.1 Å². The largest absolute Gasteiger partial charge is 0.493 e. The fourth-order valence-corrected chi connectivity index (χ4v) is 7.16. The van der Waals surface area contributed by atoms with Crippen molar-refractivity contribution in [3.8, 4) is 11.5 Å². The zero-order chi connectivity index (χ0) is 30.1. The molecule has 0 bridgehead atoms. The van der Waals surface area contributed by atoms with Crippen LogP contribution in [0.1, 0.15) is 42.1 Å². The second-order valence-electron chi connectivity index (χ2n) is 10.9. The first kappa shape index (κ1) is 30.2. The lowest BCUT2D eigenvalue weighted by atomic mass is 9.92. The van der Waals surface area contributed by atoms with Crippen molar-refractivity contribution in [1.29, 1.82) is 0 Å². The van der Waals surface area contributed by atoms with Crippen LogP contribution in [0.25, 0.3) is 10.9 Å². The van der Waals surface area contributed by atoms with Crippen molar-refractivity contribution in [3.05, 3.63) is 93.6 Å². The molecule has 43 heavy (non-hydrogen) atoms. The number of hydrogen-bond acceptors (Lipinski definition) is 7. The summed E-state index contributed by atoms with van der Waals surface area (Å²) in [5.74, 6) is 1.11. The van der Waals surface area contributed by atoms with Crippen LogP contribution >= 0.6 is 23.2 Å². The molecule has 0 spiro atoms. The Morgan fingerprint density at radius 2 is 1.67 bits per heavy atom. The first-order valence-electron chi connectivity index (χ1n) is 14.2. The lowest BCUT2D eigenvalue weighted by Crippen LogP contribution is -2.46. The average molecular weight is 647 g/mol. The van der Waals surface area contributed by atoms with E-state index in [1.54, 1.807) is 24.3 Å². The van der Waals surface area contributed by atoms with Crippen molar-refractivity contribution in [2.45, 2.75) is 49.5 Å². The van der Waals surface area contributed by atoms with E-state index in [1.165, 1.54) is 0 Å². The Hall–Kier alpha value is -2.83. The highest BCUT2D eigenvalue weighted by Crippen LogP contribution is 2.40. The van der Waals surface area contributed by atoms with Crippen LogP contribution in [0.2, 0.25) is 10.0 Å². The van der Waals surface area contributed by atoms with Crippen LogP contribution < -0.4 is 14.2 Å². The Morgan fingerprint density at radius 1 is 0.977 bits per heavy atom. The number of fused-ring (bicyclic) bond motifs is 3. The molecule has 1 aliphatic heterocycles. The molecule has 1 aliphatic carbocycles. The molecule has 12 heteroatoms. The van der Waals surface area contributed by atoms with Gasteiger partial charge >= 0.3 is 0 Å². The SMILES string of the molecule is O=S(=O)(NCC(O)CCOc1ccc(C2c3[nH]c4ccc(Cl)cc4c3CCN2C(O)Oc2ccc(Cl)cc2)cc1)C1CC1. The summed E-state index contributed by atoms with van der Waals surface area (Å²) in [5, 5.41) is 23.4. The average Bonchev–Trinajstić information content (AvgIpc) is 3.80. The number of aromatic amines is 1. The molecular weight excluding hydrogens is 613 g/mol. The Labute approximate surface area is 260 Å². The molecule has 228 valence electrons. The summed E-state index contributed by atoms with van der Waals surface area (Å²) in [6.07, 6.45) is 0.235. The van der Waals surface area contributed by atoms with Gasteiger partial charge in [0.2, 0.25) is 10.0 Å². The smallest absolute Gasteiger partial charge is 0.260 e. The number of aliphatic hydroxyl groups is 2. The highest BCUT2D eigenvalue weighted by molar-refractivity contribution is 7.90. The lowest BCUT2D eigenvalue weighted by molar-refractivity contribution is -0.150. The third-order valence-electron chi connectivity index (χ3n) is 7.86. The number of benzene rings is 3. The first-order valence-corrected chi connectivity index (χ1v) is 16.5. The van der Waals surface area contributed by atoms with Crippen LogP contribution in [0.5, 0.6) is 11.5 Å². The molecule has 6 rings (SSSR count). The molecule has 4 N–H and O–H groups in total. The fourth-order valence-electron chi connectivity index (χ4n) is 5.45. The zero-order valence-corrected chi connectivity index (χ0v) is 25.6. The Morgan fingerprint density at radius 3 is 2.40 bits per heavy atom.